The molecule has 1 aliphatic carbocycles. The molecule has 1 aromatic heterocycles. The van der Waals surface area contributed by atoms with Gasteiger partial charge in [0.2, 0.25) is 0 Å². The van der Waals surface area contributed by atoms with Crippen molar-refractivity contribution in [2.24, 2.45) is 0 Å². The molecule has 0 saturated heterocycles. The molecule has 2 nitrogen and oxygen atoms in total. The third kappa shape index (κ3) is 5.25. The van der Waals surface area contributed by atoms with E-state index in [1.165, 1.54) is 49.9 Å². The minimum atomic E-state index is -0.0987. The van der Waals surface area contributed by atoms with Gasteiger partial charge in [0.15, 0.2) is 0 Å². The van der Waals surface area contributed by atoms with E-state index in [0.29, 0.717) is 0 Å². The van der Waals surface area contributed by atoms with Gasteiger partial charge in [-0.15, -0.1) is 0 Å². The lowest BCUT2D eigenvalue weighted by molar-refractivity contribution is 0.662. The van der Waals surface area contributed by atoms with Crippen molar-refractivity contribution < 1.29 is 4.42 Å². The lowest BCUT2D eigenvalue weighted by Gasteiger charge is -2.29. The number of furan rings is 1. The van der Waals surface area contributed by atoms with E-state index >= 15 is 0 Å². The number of hydrogen-bond donors (Lipinski definition) is 0. The van der Waals surface area contributed by atoms with Crippen LogP contribution in [0.15, 0.2) is 205 Å². The number of nitrogens with zero attached hydrogens (tertiary/aromatic N) is 1. The van der Waals surface area contributed by atoms with Crippen LogP contribution in [0.2, 0.25) is 0 Å². The van der Waals surface area contributed by atoms with Crippen molar-refractivity contribution in [2.45, 2.75) is 19.3 Å². The average Bonchev–Trinajstić information content (AvgIpc) is 3.77. The normalized spacial score (nSPS) is 12.9. The van der Waals surface area contributed by atoms with Crippen LogP contribution in [0.4, 0.5) is 17.1 Å². The molecule has 2 heteroatoms. The Kier molecular flexibility index (Phi) is 7.55. The molecule has 10 aromatic rings. The molecule has 0 atom stereocenters. The lowest BCUT2D eigenvalue weighted by atomic mass is 9.79. The first-order valence-corrected chi connectivity index (χ1v) is 19.8. The van der Waals surface area contributed by atoms with Crippen molar-refractivity contribution in [1.82, 2.24) is 0 Å². The maximum absolute atomic E-state index is 6.61. The summed E-state index contributed by atoms with van der Waals surface area (Å²) in [7, 11) is 0. The fraction of sp³-hybridized carbons (Fsp3) is 0.0545. The lowest BCUT2D eigenvalue weighted by Crippen LogP contribution is -2.16. The minimum absolute atomic E-state index is 0.0987. The van der Waals surface area contributed by atoms with Gasteiger partial charge in [-0.25, -0.2) is 0 Å². The van der Waals surface area contributed by atoms with Gasteiger partial charge in [-0.2, -0.15) is 0 Å². The van der Waals surface area contributed by atoms with Crippen LogP contribution in [-0.4, -0.2) is 0 Å². The van der Waals surface area contributed by atoms with Gasteiger partial charge in [0.1, 0.15) is 11.2 Å². The van der Waals surface area contributed by atoms with Crippen LogP contribution < -0.4 is 4.90 Å². The van der Waals surface area contributed by atoms with Crippen LogP contribution in [0.5, 0.6) is 0 Å². The van der Waals surface area contributed by atoms with Crippen LogP contribution in [0.1, 0.15) is 25.0 Å². The summed E-state index contributed by atoms with van der Waals surface area (Å²) in [6.07, 6.45) is 0. The molecule has 0 radical (unpaired) electrons. The summed E-state index contributed by atoms with van der Waals surface area (Å²) in [5.41, 5.74) is 17.6. The molecule has 0 bridgehead atoms. The van der Waals surface area contributed by atoms with Crippen LogP contribution >= 0.6 is 0 Å². The first kappa shape index (κ1) is 33.2. The predicted octanol–water partition coefficient (Wildman–Crippen LogP) is 15.5. The summed E-state index contributed by atoms with van der Waals surface area (Å²) in [6.45, 7) is 4.72. The molecule has 0 unspecified atom stereocenters. The van der Waals surface area contributed by atoms with Crippen LogP contribution in [0.25, 0.3) is 77.2 Å². The fourth-order valence-electron chi connectivity index (χ4n) is 9.44. The predicted molar refractivity (Wildman–Crippen MR) is 240 cm³/mol. The van der Waals surface area contributed by atoms with E-state index in [9.17, 15) is 0 Å². The summed E-state index contributed by atoms with van der Waals surface area (Å²) in [5.74, 6) is 0. The molecule has 0 saturated carbocycles. The number of fused-ring (bicyclic) bond motifs is 8. The Balaban J connectivity index is 1.07. The number of hydrogen-bond acceptors (Lipinski definition) is 2. The Morgan fingerprint density at radius 1 is 0.421 bits per heavy atom. The van der Waals surface area contributed by atoms with Gasteiger partial charge in [0, 0.05) is 38.5 Å². The highest BCUT2D eigenvalue weighted by atomic mass is 16.3. The van der Waals surface area contributed by atoms with Crippen molar-refractivity contribution in [2.75, 3.05) is 4.90 Å². The second kappa shape index (κ2) is 13.0. The zero-order valence-corrected chi connectivity index (χ0v) is 31.9. The van der Waals surface area contributed by atoms with Crippen molar-refractivity contribution in [3.8, 4) is 44.5 Å². The molecule has 270 valence electrons. The first-order chi connectivity index (χ1) is 28.0. The maximum Gasteiger partial charge on any atom is 0.143 e. The van der Waals surface area contributed by atoms with Gasteiger partial charge in [-0.1, -0.05) is 172 Å². The fourth-order valence-corrected chi connectivity index (χ4v) is 9.44. The Morgan fingerprint density at radius 3 is 1.95 bits per heavy atom. The minimum Gasteiger partial charge on any atom is -0.455 e. The van der Waals surface area contributed by atoms with Gasteiger partial charge in [0.25, 0.3) is 0 Å². The van der Waals surface area contributed by atoms with Crippen molar-refractivity contribution in [3.63, 3.8) is 0 Å². The Labute approximate surface area is 332 Å². The molecule has 0 aliphatic heterocycles. The highest BCUT2D eigenvalue weighted by molar-refractivity contribution is 6.19. The summed E-state index contributed by atoms with van der Waals surface area (Å²) in [4.78, 5) is 2.41. The second-order valence-corrected chi connectivity index (χ2v) is 15.7. The largest absolute Gasteiger partial charge is 0.455 e. The quantitative estimate of drug-likeness (QED) is 0.169. The van der Waals surface area contributed by atoms with Crippen molar-refractivity contribution >= 4 is 49.8 Å². The summed E-state index contributed by atoms with van der Waals surface area (Å²) >= 11 is 0. The summed E-state index contributed by atoms with van der Waals surface area (Å²) < 4.78 is 6.61. The van der Waals surface area contributed by atoms with E-state index in [1.54, 1.807) is 0 Å². The Hall–Kier alpha value is -7.16. The van der Waals surface area contributed by atoms with E-state index in [1.807, 2.05) is 0 Å². The van der Waals surface area contributed by atoms with Crippen LogP contribution in [-0.2, 0) is 5.41 Å². The summed E-state index contributed by atoms with van der Waals surface area (Å²) in [6, 6.07) is 72.5. The molecule has 1 heterocycles. The molecular weight excluding hydrogens is 691 g/mol. The van der Waals surface area contributed by atoms with Crippen molar-refractivity contribution in [3.05, 3.63) is 211 Å². The van der Waals surface area contributed by atoms with Gasteiger partial charge < -0.3 is 9.32 Å². The second-order valence-electron chi connectivity index (χ2n) is 15.7. The van der Waals surface area contributed by atoms with E-state index in [-0.39, 0.29) is 5.41 Å². The molecule has 0 spiro atoms. The highest BCUT2D eigenvalue weighted by Crippen LogP contribution is 2.52. The third-order valence-corrected chi connectivity index (χ3v) is 12.0. The molecule has 0 amide bonds. The van der Waals surface area contributed by atoms with Crippen LogP contribution in [0, 0.1) is 0 Å². The Bertz CT molecular complexity index is 3150. The van der Waals surface area contributed by atoms with E-state index in [4.69, 9.17) is 4.42 Å². The molecule has 0 fully saturated rings. The molecule has 1 aliphatic rings. The van der Waals surface area contributed by atoms with Crippen molar-refractivity contribution in [1.29, 1.82) is 0 Å². The van der Waals surface area contributed by atoms with E-state index in [2.05, 4.69) is 219 Å². The molecule has 9 aromatic carbocycles. The molecule has 57 heavy (non-hydrogen) atoms. The van der Waals surface area contributed by atoms with Gasteiger partial charge in [0.05, 0.1) is 5.69 Å². The SMILES string of the molecule is CC1(C)c2ccccc2-c2cccc(-c3ccc(N(c4cccc(-c5cccc6oc7c8ccccc8ccc7c56)c4)c4ccccc4-c4ccccc4)cc3)c21. The number of benzene rings is 9. The van der Waals surface area contributed by atoms with Gasteiger partial charge >= 0.3 is 0 Å². The average molecular weight is 730 g/mol. The monoisotopic (exact) mass is 729 g/mol. The first-order valence-electron chi connectivity index (χ1n) is 19.8. The van der Waals surface area contributed by atoms with E-state index in [0.717, 1.165) is 55.5 Å². The Morgan fingerprint density at radius 2 is 1.07 bits per heavy atom. The molecule has 0 N–H and O–H groups in total. The number of rotatable bonds is 6. The molecular formula is C55H39NO. The smallest absolute Gasteiger partial charge is 0.143 e. The number of para-hydroxylation sites is 1. The third-order valence-electron chi connectivity index (χ3n) is 12.0. The van der Waals surface area contributed by atoms with Gasteiger partial charge in [-0.3, -0.25) is 0 Å². The standard InChI is InChI=1S/C55H39NO/c1-55(2)49-26-10-8-22-46(49)47-25-13-24-44(53(47)55)38-29-32-40(33-30-38)56(50-27-11-9-20-42(50)36-15-4-3-5-16-36)41-19-12-18-39(35-41)43-23-14-28-51-52(43)48-34-31-37-17-6-7-21-45(37)54(48)57-51/h3-35H,1-2H3. The zero-order chi connectivity index (χ0) is 38.1. The van der Waals surface area contributed by atoms with E-state index < -0.39 is 0 Å². The molecule has 11 rings (SSSR count). The van der Waals surface area contributed by atoms with Crippen LogP contribution in [0.3, 0.4) is 0 Å². The maximum atomic E-state index is 6.61. The van der Waals surface area contributed by atoms with Gasteiger partial charge in [-0.05, 0) is 97.9 Å². The topological polar surface area (TPSA) is 16.4 Å². The summed E-state index contributed by atoms with van der Waals surface area (Å²) in [5, 5.41) is 4.57. The zero-order valence-electron chi connectivity index (χ0n) is 31.9. The number of anilines is 3. The highest BCUT2D eigenvalue weighted by Gasteiger charge is 2.37.